The first-order chi connectivity index (χ1) is 13.7. The number of aromatic nitrogens is 7. The van der Waals surface area contributed by atoms with Crippen LogP contribution in [-0.4, -0.2) is 35.3 Å². The molecular formula is C22H35N7S. The summed E-state index contributed by atoms with van der Waals surface area (Å²) in [5.41, 5.74) is 9.97. The van der Waals surface area contributed by atoms with Gasteiger partial charge in [0.25, 0.3) is 0 Å². The number of aromatic amines is 2. The van der Waals surface area contributed by atoms with Crippen LogP contribution in [0.5, 0.6) is 0 Å². The minimum atomic E-state index is 0. The normalized spacial score (nSPS) is 9.07. The number of thiazole rings is 1. The molecule has 0 radical (unpaired) electrons. The zero-order valence-electron chi connectivity index (χ0n) is 18.5. The van der Waals surface area contributed by atoms with Crippen molar-refractivity contribution in [2.24, 2.45) is 0 Å². The van der Waals surface area contributed by atoms with Crippen LogP contribution < -0.4 is 0 Å². The van der Waals surface area contributed by atoms with Crippen LogP contribution in [0.25, 0.3) is 0 Å². The van der Waals surface area contributed by atoms with Gasteiger partial charge in [-0.3, -0.25) is 10.2 Å². The number of hydrogen-bond acceptors (Lipinski definition) is 6. The van der Waals surface area contributed by atoms with Crippen LogP contribution in [0.2, 0.25) is 0 Å². The predicted molar refractivity (Wildman–Crippen MR) is 126 cm³/mol. The fourth-order valence-electron chi connectivity index (χ4n) is 1.64. The van der Waals surface area contributed by atoms with Crippen molar-refractivity contribution in [3.63, 3.8) is 0 Å². The van der Waals surface area contributed by atoms with Crippen molar-refractivity contribution >= 4 is 11.3 Å². The highest BCUT2D eigenvalue weighted by molar-refractivity contribution is 7.09. The van der Waals surface area contributed by atoms with Gasteiger partial charge in [0.15, 0.2) is 0 Å². The first kappa shape index (κ1) is 27.1. The first-order valence-electron chi connectivity index (χ1n) is 9.25. The third-order valence-electron chi connectivity index (χ3n) is 4.31. The van der Waals surface area contributed by atoms with Gasteiger partial charge in [-0.05, 0) is 72.1 Å². The van der Waals surface area contributed by atoms with Gasteiger partial charge in [0, 0.05) is 28.2 Å². The van der Waals surface area contributed by atoms with Crippen molar-refractivity contribution in [1.82, 2.24) is 35.3 Å². The van der Waals surface area contributed by atoms with E-state index in [-0.39, 0.29) is 7.43 Å². The van der Waals surface area contributed by atoms with Crippen LogP contribution in [0.4, 0.5) is 0 Å². The standard InChI is InChI=1S/C6H8N2.2C5H8N2.C5H7NS.CH4/c1-5-3-7-4-8-6(5)2;2*1-4-3-6-7-5(4)2;1-4-5(2)7-3-6-4;/h3-4H,1-2H3;2*3H,1-2H3,(H,6,7);3H,1-2H3;1H4. The molecular weight excluding hydrogens is 394 g/mol. The molecule has 0 atom stereocenters. The molecule has 0 aliphatic heterocycles. The molecule has 0 unspecified atom stereocenters. The van der Waals surface area contributed by atoms with Crippen LogP contribution in [0.3, 0.4) is 0 Å². The second-order valence-corrected chi connectivity index (χ2v) is 7.70. The Bertz CT molecular complexity index is 808. The number of rotatable bonds is 0. The average Bonchev–Trinajstić information content (AvgIpc) is 3.37. The van der Waals surface area contributed by atoms with E-state index in [4.69, 9.17) is 0 Å². The Labute approximate surface area is 184 Å². The lowest BCUT2D eigenvalue weighted by Gasteiger charge is -1.91. The van der Waals surface area contributed by atoms with Crippen molar-refractivity contribution in [3.05, 3.63) is 74.8 Å². The summed E-state index contributed by atoms with van der Waals surface area (Å²) >= 11 is 1.69. The van der Waals surface area contributed by atoms with E-state index in [1.54, 1.807) is 17.7 Å². The van der Waals surface area contributed by atoms with E-state index < -0.39 is 0 Å². The lowest BCUT2D eigenvalue weighted by atomic mass is 10.3. The Kier molecular flexibility index (Phi) is 12.8. The summed E-state index contributed by atoms with van der Waals surface area (Å²) in [5, 5.41) is 13.2. The molecule has 7 nitrogen and oxygen atoms in total. The Hall–Kier alpha value is -2.87. The van der Waals surface area contributed by atoms with Gasteiger partial charge in [0.05, 0.1) is 23.6 Å². The Morgan fingerprint density at radius 3 is 1.37 bits per heavy atom. The van der Waals surface area contributed by atoms with E-state index in [0.29, 0.717) is 0 Å². The van der Waals surface area contributed by atoms with Gasteiger partial charge in [-0.1, -0.05) is 7.43 Å². The van der Waals surface area contributed by atoms with E-state index >= 15 is 0 Å². The van der Waals surface area contributed by atoms with Crippen molar-refractivity contribution in [3.8, 4) is 0 Å². The molecule has 2 N–H and O–H groups in total. The lowest BCUT2D eigenvalue weighted by molar-refractivity contribution is 1.04. The second kappa shape index (κ2) is 14.2. The quantitative estimate of drug-likeness (QED) is 0.382. The van der Waals surface area contributed by atoms with Crippen LogP contribution in [0.1, 0.15) is 51.8 Å². The molecule has 0 aromatic carbocycles. The molecule has 4 aromatic heterocycles. The molecule has 30 heavy (non-hydrogen) atoms. The molecule has 4 rings (SSSR count). The number of nitrogens with zero attached hydrogens (tertiary/aromatic N) is 5. The number of nitrogens with one attached hydrogen (secondary N) is 2. The fourth-order valence-corrected chi connectivity index (χ4v) is 2.23. The topological polar surface area (TPSA) is 96.0 Å². The third-order valence-corrected chi connectivity index (χ3v) is 5.17. The zero-order valence-corrected chi connectivity index (χ0v) is 19.3. The third kappa shape index (κ3) is 10.1. The van der Waals surface area contributed by atoms with Crippen LogP contribution in [-0.2, 0) is 0 Å². The smallest absolute Gasteiger partial charge is 0.115 e. The zero-order chi connectivity index (χ0) is 21.8. The largest absolute Gasteiger partial charge is 0.283 e. The maximum Gasteiger partial charge on any atom is 0.115 e. The van der Waals surface area contributed by atoms with Crippen molar-refractivity contribution in [2.45, 2.75) is 62.8 Å². The van der Waals surface area contributed by atoms with Crippen LogP contribution in [0.15, 0.2) is 30.4 Å². The van der Waals surface area contributed by atoms with E-state index in [0.717, 1.165) is 28.3 Å². The minimum Gasteiger partial charge on any atom is -0.283 e. The first-order valence-corrected chi connectivity index (χ1v) is 10.1. The summed E-state index contributed by atoms with van der Waals surface area (Å²) in [6, 6.07) is 0. The monoisotopic (exact) mass is 429 g/mol. The van der Waals surface area contributed by atoms with E-state index in [9.17, 15) is 0 Å². The van der Waals surface area contributed by atoms with Crippen molar-refractivity contribution < 1.29 is 0 Å². The molecule has 0 saturated heterocycles. The summed E-state index contributed by atoms with van der Waals surface area (Å²) in [7, 11) is 0. The molecule has 8 heteroatoms. The highest BCUT2D eigenvalue weighted by atomic mass is 32.1. The molecule has 0 fully saturated rings. The summed E-state index contributed by atoms with van der Waals surface area (Å²) in [6.45, 7) is 16.1. The number of H-pyrrole nitrogens is 2. The molecule has 0 aliphatic rings. The van der Waals surface area contributed by atoms with Crippen molar-refractivity contribution in [1.29, 1.82) is 0 Å². The highest BCUT2D eigenvalue weighted by Gasteiger charge is 1.89. The molecule has 4 aromatic rings. The minimum absolute atomic E-state index is 0. The fraction of sp³-hybridized carbons (Fsp3) is 0.409. The maximum atomic E-state index is 4.03. The van der Waals surface area contributed by atoms with Crippen LogP contribution >= 0.6 is 11.3 Å². The van der Waals surface area contributed by atoms with Gasteiger partial charge < -0.3 is 0 Å². The highest BCUT2D eigenvalue weighted by Crippen LogP contribution is 2.07. The predicted octanol–water partition coefficient (Wildman–Crippen LogP) is 5.54. The molecule has 0 bridgehead atoms. The molecule has 164 valence electrons. The maximum absolute atomic E-state index is 4.03. The van der Waals surface area contributed by atoms with Gasteiger partial charge in [-0.25, -0.2) is 15.0 Å². The molecule has 0 aliphatic carbocycles. The SMILES string of the molecule is C.Cc1cn[nH]c1C.Cc1cn[nH]c1C.Cc1cncnc1C.Cc1ncsc1C. The van der Waals surface area contributed by atoms with Crippen LogP contribution in [0, 0.1) is 55.4 Å². The molecule has 0 saturated carbocycles. The van der Waals surface area contributed by atoms with Gasteiger partial charge in [0.2, 0.25) is 0 Å². The van der Waals surface area contributed by atoms with Gasteiger partial charge in [-0.15, -0.1) is 11.3 Å². The average molecular weight is 430 g/mol. The van der Waals surface area contributed by atoms with E-state index in [1.165, 1.54) is 16.0 Å². The summed E-state index contributed by atoms with van der Waals surface area (Å²) in [4.78, 5) is 13.2. The summed E-state index contributed by atoms with van der Waals surface area (Å²) < 4.78 is 0. The molecule has 0 spiro atoms. The second-order valence-electron chi connectivity index (χ2n) is 6.64. The van der Waals surface area contributed by atoms with Gasteiger partial charge >= 0.3 is 0 Å². The Balaban J connectivity index is 0.000000370. The van der Waals surface area contributed by atoms with Crippen molar-refractivity contribution in [2.75, 3.05) is 0 Å². The lowest BCUT2D eigenvalue weighted by Crippen LogP contribution is -1.85. The molecule has 0 amide bonds. The Morgan fingerprint density at radius 1 is 0.667 bits per heavy atom. The molecule has 4 heterocycles. The van der Waals surface area contributed by atoms with E-state index in [2.05, 4.69) is 42.3 Å². The number of aryl methyl sites for hydroxylation is 8. The van der Waals surface area contributed by atoms with Gasteiger partial charge in [-0.2, -0.15) is 10.2 Å². The summed E-state index contributed by atoms with van der Waals surface area (Å²) in [6.07, 6.45) is 7.00. The Morgan fingerprint density at radius 2 is 1.20 bits per heavy atom. The number of hydrogen-bond donors (Lipinski definition) is 2. The van der Waals surface area contributed by atoms with E-state index in [1.807, 2.05) is 72.6 Å². The van der Waals surface area contributed by atoms with Gasteiger partial charge in [0.1, 0.15) is 6.33 Å². The summed E-state index contributed by atoms with van der Waals surface area (Å²) in [5.74, 6) is 0.